The first-order chi connectivity index (χ1) is 8.85. The molecule has 0 aromatic carbocycles. The fraction of sp³-hybridized carbons (Fsp3) is 0.833. The van der Waals surface area contributed by atoms with E-state index in [0.717, 1.165) is 6.26 Å². The minimum Gasteiger partial charge on any atom is -0.481 e. The van der Waals surface area contributed by atoms with Crippen LogP contribution in [0.1, 0.15) is 34.1 Å². The van der Waals surface area contributed by atoms with E-state index in [9.17, 15) is 18.0 Å². The van der Waals surface area contributed by atoms with Crippen molar-refractivity contribution in [1.82, 2.24) is 10.6 Å². The second-order valence-corrected chi connectivity index (χ2v) is 8.44. The lowest BCUT2D eigenvalue weighted by Crippen LogP contribution is -2.49. The van der Waals surface area contributed by atoms with Crippen LogP contribution < -0.4 is 10.6 Å². The number of hydrogen-bond acceptors (Lipinski definition) is 4. The van der Waals surface area contributed by atoms with Crippen molar-refractivity contribution >= 4 is 21.8 Å². The van der Waals surface area contributed by atoms with E-state index < -0.39 is 32.0 Å². The Kier molecular flexibility index (Phi) is 6.01. The molecule has 0 heterocycles. The lowest BCUT2D eigenvalue weighted by atomic mass is 9.88. The van der Waals surface area contributed by atoms with Gasteiger partial charge in [-0.05, 0) is 27.2 Å². The van der Waals surface area contributed by atoms with Crippen molar-refractivity contribution in [2.45, 2.75) is 38.9 Å². The van der Waals surface area contributed by atoms with Gasteiger partial charge in [-0.2, -0.15) is 0 Å². The standard InChI is InChI=1S/C12H24N2O5S/c1-6-12(4,9(15)16)8-14-10(17)13-7-11(2,3)20(5,18)19/h6-8H2,1-5H3,(H,15,16)(H2,13,14,17). The summed E-state index contributed by atoms with van der Waals surface area (Å²) in [4.78, 5) is 22.7. The first-order valence-electron chi connectivity index (χ1n) is 6.30. The molecule has 20 heavy (non-hydrogen) atoms. The van der Waals surface area contributed by atoms with Crippen molar-refractivity contribution in [2.75, 3.05) is 19.3 Å². The number of urea groups is 1. The number of carbonyl (C=O) groups excluding carboxylic acids is 1. The number of carbonyl (C=O) groups is 2. The van der Waals surface area contributed by atoms with Crippen LogP contribution in [0.4, 0.5) is 4.79 Å². The van der Waals surface area contributed by atoms with Crippen LogP contribution in [0, 0.1) is 5.41 Å². The second kappa shape index (κ2) is 6.43. The summed E-state index contributed by atoms with van der Waals surface area (Å²) in [5, 5.41) is 14.0. The SMILES string of the molecule is CCC(C)(CNC(=O)NCC(C)(C)S(C)(=O)=O)C(=O)O. The minimum atomic E-state index is -3.30. The van der Waals surface area contributed by atoms with Gasteiger partial charge >= 0.3 is 12.0 Å². The number of amides is 2. The van der Waals surface area contributed by atoms with Crippen LogP contribution in [0.3, 0.4) is 0 Å². The van der Waals surface area contributed by atoms with Gasteiger partial charge in [0.15, 0.2) is 9.84 Å². The Morgan fingerprint density at radius 2 is 1.55 bits per heavy atom. The summed E-state index contributed by atoms with van der Waals surface area (Å²) in [7, 11) is -3.30. The molecule has 0 aliphatic heterocycles. The van der Waals surface area contributed by atoms with E-state index in [1.807, 2.05) is 0 Å². The third-order valence-corrected chi connectivity index (χ3v) is 5.77. The lowest BCUT2D eigenvalue weighted by molar-refractivity contribution is -0.147. The molecule has 0 aromatic rings. The molecule has 118 valence electrons. The molecule has 0 saturated heterocycles. The fourth-order valence-electron chi connectivity index (χ4n) is 1.11. The molecule has 0 aromatic heterocycles. The topological polar surface area (TPSA) is 113 Å². The van der Waals surface area contributed by atoms with E-state index in [1.165, 1.54) is 20.8 Å². The molecule has 0 bridgehead atoms. The van der Waals surface area contributed by atoms with Gasteiger partial charge in [-0.25, -0.2) is 13.2 Å². The molecular weight excluding hydrogens is 284 g/mol. The zero-order chi connectivity index (χ0) is 16.2. The maximum Gasteiger partial charge on any atom is 0.314 e. The fourth-order valence-corrected chi connectivity index (χ4v) is 1.45. The zero-order valence-electron chi connectivity index (χ0n) is 12.6. The number of sulfone groups is 1. The van der Waals surface area contributed by atoms with E-state index in [1.54, 1.807) is 6.92 Å². The molecule has 1 unspecified atom stereocenters. The van der Waals surface area contributed by atoms with Crippen LogP contribution in [0.2, 0.25) is 0 Å². The van der Waals surface area contributed by atoms with E-state index in [2.05, 4.69) is 10.6 Å². The average Bonchev–Trinajstić information content (AvgIpc) is 2.31. The highest BCUT2D eigenvalue weighted by molar-refractivity contribution is 7.92. The Bertz CT molecular complexity index is 472. The van der Waals surface area contributed by atoms with Crippen LogP contribution >= 0.6 is 0 Å². The Balaban J connectivity index is 4.44. The third kappa shape index (κ3) is 4.99. The summed E-state index contributed by atoms with van der Waals surface area (Å²) in [6.45, 7) is 6.21. The van der Waals surface area contributed by atoms with Gasteiger partial charge in [-0.15, -0.1) is 0 Å². The first kappa shape index (κ1) is 18.7. The molecule has 0 fully saturated rings. The van der Waals surface area contributed by atoms with E-state index in [-0.39, 0.29) is 13.1 Å². The summed E-state index contributed by atoms with van der Waals surface area (Å²) in [5.41, 5.74) is -1.04. The molecule has 0 spiro atoms. The molecule has 8 heteroatoms. The molecule has 3 N–H and O–H groups in total. The van der Waals surface area contributed by atoms with Crippen molar-refractivity contribution in [2.24, 2.45) is 5.41 Å². The van der Waals surface area contributed by atoms with Crippen LogP contribution in [-0.2, 0) is 14.6 Å². The van der Waals surface area contributed by atoms with Crippen LogP contribution in [0.5, 0.6) is 0 Å². The number of aliphatic carboxylic acids is 1. The average molecular weight is 308 g/mol. The largest absolute Gasteiger partial charge is 0.481 e. The number of carboxylic acids is 1. The molecule has 0 saturated carbocycles. The van der Waals surface area contributed by atoms with E-state index >= 15 is 0 Å². The summed E-state index contributed by atoms with van der Waals surface area (Å²) in [6.07, 6.45) is 1.47. The lowest BCUT2D eigenvalue weighted by Gasteiger charge is -2.25. The van der Waals surface area contributed by atoms with Crippen LogP contribution in [-0.4, -0.2) is 49.6 Å². The van der Waals surface area contributed by atoms with Crippen molar-refractivity contribution in [1.29, 1.82) is 0 Å². The van der Waals surface area contributed by atoms with Crippen molar-refractivity contribution in [3.05, 3.63) is 0 Å². The highest BCUT2D eigenvalue weighted by atomic mass is 32.2. The quantitative estimate of drug-likeness (QED) is 0.638. The minimum absolute atomic E-state index is 0.0238. The van der Waals surface area contributed by atoms with E-state index in [4.69, 9.17) is 5.11 Å². The van der Waals surface area contributed by atoms with E-state index in [0.29, 0.717) is 6.42 Å². The monoisotopic (exact) mass is 308 g/mol. The molecule has 0 radical (unpaired) electrons. The molecule has 0 aliphatic rings. The summed E-state index contributed by atoms with van der Waals surface area (Å²) < 4.78 is 21.9. The predicted molar refractivity (Wildman–Crippen MR) is 76.4 cm³/mol. The number of nitrogens with one attached hydrogen (secondary N) is 2. The molecule has 0 rings (SSSR count). The molecule has 0 aliphatic carbocycles. The molecule has 1 atom stereocenters. The Hall–Kier alpha value is -1.31. The van der Waals surface area contributed by atoms with Gasteiger partial charge in [-0.3, -0.25) is 4.79 Å². The van der Waals surface area contributed by atoms with Crippen LogP contribution in [0.25, 0.3) is 0 Å². The highest BCUT2D eigenvalue weighted by Gasteiger charge is 2.33. The van der Waals surface area contributed by atoms with Gasteiger partial charge in [0.05, 0.1) is 10.2 Å². The highest BCUT2D eigenvalue weighted by Crippen LogP contribution is 2.19. The van der Waals surface area contributed by atoms with Crippen molar-refractivity contribution in [3.8, 4) is 0 Å². The van der Waals surface area contributed by atoms with Gasteiger partial charge in [0, 0.05) is 19.3 Å². The van der Waals surface area contributed by atoms with Gasteiger partial charge < -0.3 is 15.7 Å². The number of rotatable bonds is 7. The predicted octanol–water partition coefficient (Wildman–Crippen LogP) is 0.610. The summed E-state index contributed by atoms with van der Waals surface area (Å²) >= 11 is 0. The zero-order valence-corrected chi connectivity index (χ0v) is 13.4. The molecular formula is C12H24N2O5S. The maximum absolute atomic E-state index is 11.6. The van der Waals surface area contributed by atoms with Gasteiger partial charge in [0.2, 0.25) is 0 Å². The first-order valence-corrected chi connectivity index (χ1v) is 8.19. The van der Waals surface area contributed by atoms with Gasteiger partial charge in [0.25, 0.3) is 0 Å². The molecule has 7 nitrogen and oxygen atoms in total. The normalized spacial score (nSPS) is 15.2. The number of carboxylic acid groups (broad SMARTS) is 1. The smallest absolute Gasteiger partial charge is 0.314 e. The number of hydrogen-bond donors (Lipinski definition) is 3. The second-order valence-electron chi connectivity index (χ2n) is 5.79. The summed E-state index contributed by atoms with van der Waals surface area (Å²) in [5.74, 6) is -0.989. The van der Waals surface area contributed by atoms with Gasteiger partial charge in [0.1, 0.15) is 0 Å². The maximum atomic E-state index is 11.6. The van der Waals surface area contributed by atoms with Gasteiger partial charge in [-0.1, -0.05) is 6.92 Å². The Labute approximate surface area is 120 Å². The Morgan fingerprint density at radius 1 is 1.10 bits per heavy atom. The van der Waals surface area contributed by atoms with Crippen LogP contribution in [0.15, 0.2) is 0 Å². The van der Waals surface area contributed by atoms with Crippen molar-refractivity contribution < 1.29 is 23.1 Å². The summed E-state index contributed by atoms with van der Waals surface area (Å²) in [6, 6.07) is -0.581. The third-order valence-electron chi connectivity index (χ3n) is 3.61. The van der Waals surface area contributed by atoms with Crippen molar-refractivity contribution in [3.63, 3.8) is 0 Å². The molecule has 2 amide bonds. The Morgan fingerprint density at radius 3 is 1.90 bits per heavy atom.